The number of aromatic nitrogens is 2. The topological polar surface area (TPSA) is 47.0 Å². The average Bonchev–Trinajstić information content (AvgIpc) is 2.34. The van der Waals surface area contributed by atoms with Crippen LogP contribution >= 0.6 is 0 Å². The molecule has 0 saturated carbocycles. The molecule has 1 atom stereocenters. The number of rotatable bonds is 3. The molecule has 0 bridgehead atoms. The molecular weight excluding hydrogens is 226 g/mol. The zero-order valence-electron chi connectivity index (χ0n) is 11.8. The Morgan fingerprint density at radius 3 is 2.39 bits per heavy atom. The average molecular weight is 249 g/mol. The Hall–Kier alpha value is -1.00. The van der Waals surface area contributed by atoms with Crippen molar-refractivity contribution in [2.45, 2.75) is 52.2 Å². The molecule has 0 amide bonds. The summed E-state index contributed by atoms with van der Waals surface area (Å²) in [6, 6.07) is 0. The Bertz CT molecular complexity index is 402. The molecule has 4 nitrogen and oxygen atoms in total. The minimum Gasteiger partial charge on any atom is -0.367 e. The summed E-state index contributed by atoms with van der Waals surface area (Å²) in [5, 5.41) is 3.16. The van der Waals surface area contributed by atoms with Crippen molar-refractivity contribution in [1.82, 2.24) is 15.3 Å². The monoisotopic (exact) mass is 249 g/mol. The van der Waals surface area contributed by atoms with Crippen LogP contribution in [-0.4, -0.2) is 23.6 Å². The summed E-state index contributed by atoms with van der Waals surface area (Å²) < 4.78 is 5.92. The number of nitrogens with zero attached hydrogens (tertiary/aromatic N) is 2. The van der Waals surface area contributed by atoms with Gasteiger partial charge in [0.1, 0.15) is 5.60 Å². The van der Waals surface area contributed by atoms with Crippen LogP contribution in [0.15, 0.2) is 0 Å². The van der Waals surface area contributed by atoms with E-state index in [2.05, 4.69) is 36.1 Å². The van der Waals surface area contributed by atoms with Crippen LogP contribution in [0.1, 0.15) is 49.0 Å². The summed E-state index contributed by atoms with van der Waals surface area (Å²) in [5.74, 6) is 0.844. The Labute approximate surface area is 109 Å². The summed E-state index contributed by atoms with van der Waals surface area (Å²) in [6.07, 6.45) is 3.35. The van der Waals surface area contributed by atoms with Crippen LogP contribution in [0, 0.1) is 13.8 Å². The highest BCUT2D eigenvalue weighted by Crippen LogP contribution is 2.33. The maximum absolute atomic E-state index is 5.92. The first-order valence-corrected chi connectivity index (χ1v) is 6.70. The summed E-state index contributed by atoms with van der Waals surface area (Å²) >= 11 is 0. The molecule has 1 aromatic rings. The molecule has 1 aliphatic rings. The van der Waals surface area contributed by atoms with E-state index in [-0.39, 0.29) is 5.60 Å². The molecule has 18 heavy (non-hydrogen) atoms. The highest BCUT2D eigenvalue weighted by atomic mass is 16.5. The SMILES string of the molecule is CNCc1c(C)nc(C2(C)CCCCO2)nc1C. The predicted molar refractivity (Wildman–Crippen MR) is 71.4 cm³/mol. The fraction of sp³-hybridized carbons (Fsp3) is 0.714. The second kappa shape index (κ2) is 5.33. The van der Waals surface area contributed by atoms with E-state index in [0.717, 1.165) is 43.2 Å². The van der Waals surface area contributed by atoms with Crippen LogP contribution in [0.25, 0.3) is 0 Å². The van der Waals surface area contributed by atoms with Gasteiger partial charge in [-0.1, -0.05) is 0 Å². The van der Waals surface area contributed by atoms with E-state index >= 15 is 0 Å². The fourth-order valence-electron chi connectivity index (χ4n) is 2.52. The highest BCUT2D eigenvalue weighted by Gasteiger charge is 2.33. The van der Waals surface area contributed by atoms with Gasteiger partial charge in [-0.3, -0.25) is 0 Å². The second-order valence-corrected chi connectivity index (χ2v) is 5.26. The molecule has 0 spiro atoms. The zero-order chi connectivity index (χ0) is 13.2. The molecule has 1 fully saturated rings. The normalized spacial score (nSPS) is 24.2. The van der Waals surface area contributed by atoms with Crippen molar-refractivity contribution in [1.29, 1.82) is 0 Å². The molecule has 1 unspecified atom stereocenters. The lowest BCUT2D eigenvalue weighted by Crippen LogP contribution is -2.33. The van der Waals surface area contributed by atoms with Crippen molar-refractivity contribution in [2.24, 2.45) is 0 Å². The van der Waals surface area contributed by atoms with Crippen molar-refractivity contribution < 1.29 is 4.74 Å². The number of aryl methyl sites for hydroxylation is 2. The first-order valence-electron chi connectivity index (χ1n) is 6.70. The summed E-state index contributed by atoms with van der Waals surface area (Å²) in [7, 11) is 1.94. The van der Waals surface area contributed by atoms with Gasteiger partial charge < -0.3 is 10.1 Å². The molecule has 1 aromatic heterocycles. The quantitative estimate of drug-likeness (QED) is 0.892. The molecule has 0 aromatic carbocycles. The standard InChI is InChI=1S/C14H23N3O/c1-10-12(9-15-4)11(2)17-13(16-10)14(3)7-5-6-8-18-14/h15H,5-9H2,1-4H3. The van der Waals surface area contributed by atoms with Crippen molar-refractivity contribution in [3.63, 3.8) is 0 Å². The highest BCUT2D eigenvalue weighted by molar-refractivity contribution is 5.25. The van der Waals surface area contributed by atoms with Crippen LogP contribution in [0.5, 0.6) is 0 Å². The Morgan fingerprint density at radius 1 is 1.22 bits per heavy atom. The minimum absolute atomic E-state index is 0.300. The van der Waals surface area contributed by atoms with E-state index in [4.69, 9.17) is 4.74 Å². The second-order valence-electron chi connectivity index (χ2n) is 5.26. The number of hydrogen-bond donors (Lipinski definition) is 1. The first kappa shape index (κ1) is 13.4. The lowest BCUT2D eigenvalue weighted by atomic mass is 9.94. The van der Waals surface area contributed by atoms with E-state index in [1.165, 1.54) is 12.0 Å². The smallest absolute Gasteiger partial charge is 0.160 e. The van der Waals surface area contributed by atoms with Crippen molar-refractivity contribution in [2.75, 3.05) is 13.7 Å². The number of hydrogen-bond acceptors (Lipinski definition) is 4. The molecule has 2 rings (SSSR count). The van der Waals surface area contributed by atoms with Crippen LogP contribution in [0.2, 0.25) is 0 Å². The molecule has 100 valence electrons. The Balaban J connectivity index is 2.34. The molecule has 0 radical (unpaired) electrons. The zero-order valence-corrected chi connectivity index (χ0v) is 11.8. The Morgan fingerprint density at radius 2 is 1.89 bits per heavy atom. The minimum atomic E-state index is -0.300. The molecule has 4 heteroatoms. The van der Waals surface area contributed by atoms with Gasteiger partial charge >= 0.3 is 0 Å². The van der Waals surface area contributed by atoms with Crippen LogP contribution < -0.4 is 5.32 Å². The number of nitrogens with one attached hydrogen (secondary N) is 1. The third-order valence-electron chi connectivity index (χ3n) is 3.72. The van der Waals surface area contributed by atoms with E-state index in [1.807, 2.05) is 7.05 Å². The van der Waals surface area contributed by atoms with E-state index < -0.39 is 0 Å². The van der Waals surface area contributed by atoms with Gasteiger partial charge in [-0.05, 0) is 47.1 Å². The first-order chi connectivity index (χ1) is 8.57. The van der Waals surface area contributed by atoms with Gasteiger partial charge in [0, 0.05) is 30.1 Å². The number of ether oxygens (including phenoxy) is 1. The van der Waals surface area contributed by atoms with Gasteiger partial charge in [0.15, 0.2) is 5.82 Å². The van der Waals surface area contributed by atoms with Gasteiger partial charge in [0.2, 0.25) is 0 Å². The van der Waals surface area contributed by atoms with Crippen LogP contribution in [0.3, 0.4) is 0 Å². The largest absolute Gasteiger partial charge is 0.367 e. The van der Waals surface area contributed by atoms with Gasteiger partial charge in [0.25, 0.3) is 0 Å². The molecule has 1 aliphatic heterocycles. The Kier molecular flexibility index (Phi) is 3.97. The lowest BCUT2D eigenvalue weighted by molar-refractivity contribution is -0.0762. The maximum atomic E-state index is 5.92. The van der Waals surface area contributed by atoms with Gasteiger partial charge in [0.05, 0.1) is 0 Å². The molecule has 1 saturated heterocycles. The van der Waals surface area contributed by atoms with Gasteiger partial charge in [-0.15, -0.1) is 0 Å². The van der Waals surface area contributed by atoms with Crippen molar-refractivity contribution >= 4 is 0 Å². The van der Waals surface area contributed by atoms with Crippen molar-refractivity contribution in [3.05, 3.63) is 22.8 Å². The lowest BCUT2D eigenvalue weighted by Gasteiger charge is -2.33. The summed E-state index contributed by atoms with van der Waals surface area (Å²) in [5.41, 5.74) is 3.01. The molecule has 1 N–H and O–H groups in total. The van der Waals surface area contributed by atoms with E-state index in [0.29, 0.717) is 0 Å². The van der Waals surface area contributed by atoms with Gasteiger partial charge in [-0.2, -0.15) is 0 Å². The third-order valence-corrected chi connectivity index (χ3v) is 3.72. The van der Waals surface area contributed by atoms with Crippen LogP contribution in [0.4, 0.5) is 0 Å². The van der Waals surface area contributed by atoms with E-state index in [1.54, 1.807) is 0 Å². The molecule has 0 aliphatic carbocycles. The predicted octanol–water partition coefficient (Wildman–Crippen LogP) is 2.23. The van der Waals surface area contributed by atoms with Crippen LogP contribution in [-0.2, 0) is 16.9 Å². The summed E-state index contributed by atoms with van der Waals surface area (Å²) in [4.78, 5) is 9.34. The van der Waals surface area contributed by atoms with E-state index in [9.17, 15) is 0 Å². The summed E-state index contributed by atoms with van der Waals surface area (Å²) in [6.45, 7) is 7.85. The maximum Gasteiger partial charge on any atom is 0.160 e. The van der Waals surface area contributed by atoms with Crippen molar-refractivity contribution in [3.8, 4) is 0 Å². The molecular formula is C14H23N3O. The molecule has 2 heterocycles. The third kappa shape index (κ3) is 2.54. The van der Waals surface area contributed by atoms with Gasteiger partial charge in [-0.25, -0.2) is 9.97 Å². The fourth-order valence-corrected chi connectivity index (χ4v) is 2.52.